The molecule has 0 aliphatic heterocycles. The van der Waals surface area contributed by atoms with Gasteiger partial charge >= 0.3 is 23.9 Å². The van der Waals surface area contributed by atoms with E-state index >= 15 is 0 Å². The molecule has 0 radical (unpaired) electrons. The Morgan fingerprint density at radius 2 is 0.773 bits per heavy atom. The van der Waals surface area contributed by atoms with Gasteiger partial charge in [0.2, 0.25) is 0 Å². The third kappa shape index (κ3) is 7.61. The van der Waals surface area contributed by atoms with Crippen molar-refractivity contribution in [3.8, 4) is 0 Å². The van der Waals surface area contributed by atoms with Gasteiger partial charge in [0.25, 0.3) is 0 Å². The number of carbonyl (C=O) groups excluding carboxylic acids is 4. The highest BCUT2D eigenvalue weighted by atomic mass is 16.6. The van der Waals surface area contributed by atoms with Crippen molar-refractivity contribution < 1.29 is 38.1 Å². The molecule has 8 nitrogen and oxygen atoms in total. The lowest BCUT2D eigenvalue weighted by molar-refractivity contribution is -0.195. The van der Waals surface area contributed by atoms with Gasteiger partial charge in [-0.15, -0.1) is 0 Å². The van der Waals surface area contributed by atoms with Crippen molar-refractivity contribution in [2.75, 3.05) is 0 Å². The summed E-state index contributed by atoms with van der Waals surface area (Å²) in [6, 6.07) is 0. The maximum atomic E-state index is 11.3. The Kier molecular flexibility index (Phi) is 8.14. The highest BCUT2D eigenvalue weighted by molar-refractivity contribution is 5.68. The van der Waals surface area contributed by atoms with Crippen LogP contribution in [0.5, 0.6) is 0 Å². The Balaban J connectivity index is 5.39. The van der Waals surface area contributed by atoms with Gasteiger partial charge in [0, 0.05) is 27.7 Å². The first-order chi connectivity index (χ1) is 10.0. The fourth-order valence-electron chi connectivity index (χ4n) is 1.90. The lowest BCUT2D eigenvalue weighted by atomic mass is 10.0. The van der Waals surface area contributed by atoms with Crippen molar-refractivity contribution in [1.29, 1.82) is 0 Å². The van der Waals surface area contributed by atoms with Crippen LogP contribution in [0.25, 0.3) is 0 Å². The van der Waals surface area contributed by atoms with E-state index in [1.165, 1.54) is 27.7 Å². The second-order valence-electron chi connectivity index (χ2n) is 4.78. The Labute approximate surface area is 129 Å². The van der Waals surface area contributed by atoms with E-state index in [4.69, 9.17) is 18.9 Å². The third-order valence-corrected chi connectivity index (χ3v) is 2.56. The second-order valence-corrected chi connectivity index (χ2v) is 4.78. The smallest absolute Gasteiger partial charge is 0.303 e. The molecule has 0 saturated carbocycles. The molecule has 0 aromatic carbocycles. The summed E-state index contributed by atoms with van der Waals surface area (Å²) in [7, 11) is 0. The fraction of sp³-hybridized carbons (Fsp3) is 0.714. The first-order valence-electron chi connectivity index (χ1n) is 6.73. The summed E-state index contributed by atoms with van der Waals surface area (Å²) < 4.78 is 20.2. The lowest BCUT2D eigenvalue weighted by Crippen LogP contribution is -2.49. The molecule has 4 atom stereocenters. The molecule has 22 heavy (non-hydrogen) atoms. The van der Waals surface area contributed by atoms with Gasteiger partial charge in [-0.1, -0.05) is 0 Å². The van der Waals surface area contributed by atoms with Crippen LogP contribution in [0, 0.1) is 0 Å². The normalized spacial score (nSPS) is 15.7. The molecule has 0 bridgehead atoms. The molecule has 0 N–H and O–H groups in total. The van der Waals surface area contributed by atoms with Crippen LogP contribution in [0.3, 0.4) is 0 Å². The highest BCUT2D eigenvalue weighted by Crippen LogP contribution is 2.18. The van der Waals surface area contributed by atoms with E-state index < -0.39 is 48.3 Å². The number of hydrogen-bond donors (Lipinski definition) is 0. The van der Waals surface area contributed by atoms with Gasteiger partial charge in [0.1, 0.15) is 12.2 Å². The monoisotopic (exact) mass is 318 g/mol. The summed E-state index contributed by atoms with van der Waals surface area (Å²) in [4.78, 5) is 44.7. The number of hydrogen-bond acceptors (Lipinski definition) is 8. The highest BCUT2D eigenvalue weighted by Gasteiger charge is 2.39. The van der Waals surface area contributed by atoms with Crippen molar-refractivity contribution in [3.05, 3.63) is 0 Å². The van der Waals surface area contributed by atoms with Gasteiger partial charge in [0.15, 0.2) is 12.2 Å². The maximum Gasteiger partial charge on any atom is 0.303 e. The van der Waals surface area contributed by atoms with Crippen LogP contribution in [0.15, 0.2) is 0 Å². The van der Waals surface area contributed by atoms with Gasteiger partial charge in [0.05, 0.1) is 0 Å². The summed E-state index contributed by atoms with van der Waals surface area (Å²) in [5.41, 5.74) is 0. The third-order valence-electron chi connectivity index (χ3n) is 2.56. The number of carbonyl (C=O) groups is 4. The molecule has 0 aromatic rings. The predicted octanol–water partition coefficient (Wildman–Crippen LogP) is 0.753. The van der Waals surface area contributed by atoms with Crippen LogP contribution in [0.4, 0.5) is 0 Å². The molecule has 0 amide bonds. The van der Waals surface area contributed by atoms with Gasteiger partial charge < -0.3 is 18.9 Å². The summed E-state index contributed by atoms with van der Waals surface area (Å²) >= 11 is 0. The first-order valence-corrected chi connectivity index (χ1v) is 6.73. The molecule has 0 unspecified atom stereocenters. The fourth-order valence-corrected chi connectivity index (χ4v) is 1.90. The van der Waals surface area contributed by atoms with Crippen LogP contribution >= 0.6 is 0 Å². The lowest BCUT2D eigenvalue weighted by Gasteiger charge is -2.33. The number of esters is 4. The van der Waals surface area contributed by atoms with E-state index in [0.29, 0.717) is 0 Å². The van der Waals surface area contributed by atoms with E-state index in [9.17, 15) is 19.2 Å². The predicted molar refractivity (Wildman–Crippen MR) is 73.6 cm³/mol. The summed E-state index contributed by atoms with van der Waals surface area (Å²) in [5.74, 6) is -2.50. The number of rotatable bonds is 7. The Hall–Kier alpha value is -2.12. The zero-order chi connectivity index (χ0) is 17.4. The van der Waals surface area contributed by atoms with Gasteiger partial charge in [-0.05, 0) is 13.8 Å². The van der Waals surface area contributed by atoms with Crippen molar-refractivity contribution in [1.82, 2.24) is 0 Å². The van der Waals surface area contributed by atoms with Crippen LogP contribution in [0.2, 0.25) is 0 Å². The molecule has 0 fully saturated rings. The van der Waals surface area contributed by atoms with E-state index in [1.807, 2.05) is 0 Å². The Morgan fingerprint density at radius 3 is 0.955 bits per heavy atom. The van der Waals surface area contributed by atoms with Crippen molar-refractivity contribution in [3.63, 3.8) is 0 Å². The van der Waals surface area contributed by atoms with Crippen LogP contribution < -0.4 is 0 Å². The van der Waals surface area contributed by atoms with Gasteiger partial charge in [-0.25, -0.2) is 0 Å². The average Bonchev–Trinajstić information content (AvgIpc) is 2.30. The van der Waals surface area contributed by atoms with Gasteiger partial charge in [-0.3, -0.25) is 19.2 Å². The zero-order valence-corrected chi connectivity index (χ0v) is 13.6. The van der Waals surface area contributed by atoms with E-state index in [1.54, 1.807) is 0 Å². The van der Waals surface area contributed by atoms with Gasteiger partial charge in [-0.2, -0.15) is 0 Å². The standard InChI is InChI=1S/C14H22O8/c1-7(19-9(3)15)13(21-11(5)17)14(22-12(6)18)8(2)20-10(4)16/h7-8,13-14H,1-6H3/t7-,8-,13-,14-/m1/s1. The Bertz CT molecular complexity index is 391. The molecule has 0 aromatic heterocycles. The van der Waals surface area contributed by atoms with Crippen LogP contribution in [-0.4, -0.2) is 48.3 Å². The van der Waals surface area contributed by atoms with Crippen LogP contribution in [-0.2, 0) is 38.1 Å². The molecule has 8 heteroatoms. The first kappa shape index (κ1) is 19.9. The molecular formula is C14H22O8. The molecule has 0 saturated heterocycles. The minimum absolute atomic E-state index is 0.591. The molecule has 126 valence electrons. The van der Waals surface area contributed by atoms with E-state index in [0.717, 1.165) is 13.8 Å². The molecular weight excluding hydrogens is 296 g/mol. The molecule has 0 aliphatic rings. The molecule has 0 rings (SSSR count). The SMILES string of the molecule is CC(=O)O[C@@H]([C@H](OC(C)=O)[C@@H](C)OC(C)=O)[C@@H](C)OC(C)=O. The van der Waals surface area contributed by atoms with Crippen molar-refractivity contribution >= 4 is 23.9 Å². The topological polar surface area (TPSA) is 105 Å². The zero-order valence-electron chi connectivity index (χ0n) is 13.6. The maximum absolute atomic E-state index is 11.3. The summed E-state index contributed by atoms with van der Waals surface area (Å²) in [5, 5.41) is 0. The molecule has 0 aliphatic carbocycles. The van der Waals surface area contributed by atoms with E-state index in [2.05, 4.69) is 0 Å². The summed E-state index contributed by atoms with van der Waals surface area (Å²) in [6.07, 6.45) is -4.02. The largest absolute Gasteiger partial charge is 0.459 e. The minimum atomic E-state index is -1.11. The average molecular weight is 318 g/mol. The van der Waals surface area contributed by atoms with Crippen molar-refractivity contribution in [2.24, 2.45) is 0 Å². The minimum Gasteiger partial charge on any atom is -0.459 e. The molecule has 0 spiro atoms. The Morgan fingerprint density at radius 1 is 0.545 bits per heavy atom. The van der Waals surface area contributed by atoms with Crippen LogP contribution in [0.1, 0.15) is 41.5 Å². The summed E-state index contributed by atoms with van der Waals surface area (Å²) in [6.45, 7) is 7.66. The van der Waals surface area contributed by atoms with Crippen molar-refractivity contribution in [2.45, 2.75) is 66.0 Å². The number of ether oxygens (including phenoxy) is 4. The second kappa shape index (κ2) is 9.01. The molecule has 0 heterocycles. The quantitative estimate of drug-likeness (QED) is 0.500. The van der Waals surface area contributed by atoms with E-state index in [-0.39, 0.29) is 0 Å².